The van der Waals surface area contributed by atoms with Crippen molar-refractivity contribution in [3.05, 3.63) is 58.9 Å². The van der Waals surface area contributed by atoms with Gasteiger partial charge in [-0.3, -0.25) is 0 Å². The quantitative estimate of drug-likeness (QED) is 0.689. The molecule has 2 aromatic carbocycles. The Labute approximate surface area is 97.7 Å². The Bertz CT molecular complexity index is 530. The molecule has 0 aromatic heterocycles. The van der Waals surface area contributed by atoms with Crippen molar-refractivity contribution in [2.24, 2.45) is 0 Å². The van der Waals surface area contributed by atoms with Gasteiger partial charge in [0.1, 0.15) is 17.5 Å². The zero-order valence-electron chi connectivity index (χ0n) is 9.52. The molecule has 0 unspecified atom stereocenters. The van der Waals surface area contributed by atoms with E-state index >= 15 is 0 Å². The van der Waals surface area contributed by atoms with E-state index in [1.807, 2.05) is 0 Å². The summed E-state index contributed by atoms with van der Waals surface area (Å²) in [4.78, 5) is 0. The van der Waals surface area contributed by atoms with Crippen molar-refractivity contribution in [3.63, 3.8) is 0 Å². The number of aryl methyl sites for hydroxylation is 2. The molecule has 0 atom stereocenters. The standard InChI is InChI=1S/C14H11F3/c1-8-6-11(16)14(12(17)7-8)13-9(2)4-3-5-10(13)15/h3-7H,1-2H3. The summed E-state index contributed by atoms with van der Waals surface area (Å²) in [6.45, 7) is 3.21. The lowest BCUT2D eigenvalue weighted by atomic mass is 9.98. The monoisotopic (exact) mass is 236 g/mol. The van der Waals surface area contributed by atoms with Crippen molar-refractivity contribution in [2.45, 2.75) is 13.8 Å². The molecule has 0 radical (unpaired) electrons. The highest BCUT2D eigenvalue weighted by atomic mass is 19.1. The Kier molecular flexibility index (Phi) is 2.92. The van der Waals surface area contributed by atoms with Gasteiger partial charge in [-0.2, -0.15) is 0 Å². The Morgan fingerprint density at radius 2 is 1.35 bits per heavy atom. The number of halogens is 3. The number of hydrogen-bond acceptors (Lipinski definition) is 0. The third kappa shape index (κ3) is 2.05. The van der Waals surface area contributed by atoms with Gasteiger partial charge in [0, 0.05) is 5.56 Å². The SMILES string of the molecule is Cc1cc(F)c(-c2c(C)cccc2F)c(F)c1. The molecule has 0 bridgehead atoms. The second kappa shape index (κ2) is 4.24. The minimum atomic E-state index is -0.740. The maximum absolute atomic E-state index is 13.8. The first-order chi connectivity index (χ1) is 8.00. The van der Waals surface area contributed by atoms with Crippen LogP contribution in [-0.2, 0) is 0 Å². The zero-order chi connectivity index (χ0) is 12.6. The summed E-state index contributed by atoms with van der Waals surface area (Å²) in [5.41, 5.74) is 0.665. The molecule has 0 heterocycles. The summed E-state index contributed by atoms with van der Waals surface area (Å²) in [6, 6.07) is 6.73. The van der Waals surface area contributed by atoms with Crippen LogP contribution >= 0.6 is 0 Å². The minimum absolute atomic E-state index is 0.0116. The topological polar surface area (TPSA) is 0 Å². The fourth-order valence-corrected chi connectivity index (χ4v) is 1.89. The second-order valence-electron chi connectivity index (χ2n) is 4.04. The Hall–Kier alpha value is -1.77. The van der Waals surface area contributed by atoms with Crippen molar-refractivity contribution >= 4 is 0 Å². The summed E-state index contributed by atoms with van der Waals surface area (Å²) in [5.74, 6) is -2.10. The van der Waals surface area contributed by atoms with Gasteiger partial charge in [0.15, 0.2) is 0 Å². The molecule has 0 nitrogen and oxygen atoms in total. The second-order valence-corrected chi connectivity index (χ2v) is 4.04. The van der Waals surface area contributed by atoms with Gasteiger partial charge in [0.25, 0.3) is 0 Å². The van der Waals surface area contributed by atoms with E-state index in [0.29, 0.717) is 11.1 Å². The Balaban J connectivity index is 2.77. The van der Waals surface area contributed by atoms with Crippen molar-refractivity contribution in [1.29, 1.82) is 0 Å². The number of rotatable bonds is 1. The lowest BCUT2D eigenvalue weighted by Crippen LogP contribution is -1.96. The van der Waals surface area contributed by atoms with E-state index in [0.717, 1.165) is 0 Å². The predicted molar refractivity (Wildman–Crippen MR) is 61.2 cm³/mol. The Morgan fingerprint density at radius 1 is 0.765 bits per heavy atom. The normalized spacial score (nSPS) is 10.6. The lowest BCUT2D eigenvalue weighted by molar-refractivity contribution is 0.580. The molecule has 0 spiro atoms. The van der Waals surface area contributed by atoms with E-state index in [1.165, 1.54) is 24.3 Å². The van der Waals surface area contributed by atoms with E-state index in [9.17, 15) is 13.2 Å². The van der Waals surface area contributed by atoms with E-state index < -0.39 is 17.5 Å². The van der Waals surface area contributed by atoms with Crippen LogP contribution in [0.15, 0.2) is 30.3 Å². The molecule has 0 fully saturated rings. The molecule has 3 heteroatoms. The Morgan fingerprint density at radius 3 is 1.88 bits per heavy atom. The van der Waals surface area contributed by atoms with Crippen LogP contribution in [0.4, 0.5) is 13.2 Å². The molecule has 0 aliphatic rings. The highest BCUT2D eigenvalue weighted by Gasteiger charge is 2.17. The smallest absolute Gasteiger partial charge is 0.134 e. The van der Waals surface area contributed by atoms with Gasteiger partial charge in [-0.1, -0.05) is 12.1 Å². The molecule has 0 amide bonds. The minimum Gasteiger partial charge on any atom is -0.206 e. The van der Waals surface area contributed by atoms with Crippen LogP contribution in [0.2, 0.25) is 0 Å². The van der Waals surface area contributed by atoms with Crippen molar-refractivity contribution in [3.8, 4) is 11.1 Å². The molecule has 0 saturated heterocycles. The van der Waals surface area contributed by atoms with Gasteiger partial charge in [0.05, 0.1) is 5.56 Å². The van der Waals surface area contributed by atoms with E-state index in [-0.39, 0.29) is 11.1 Å². The largest absolute Gasteiger partial charge is 0.206 e. The third-order valence-electron chi connectivity index (χ3n) is 2.66. The van der Waals surface area contributed by atoms with Gasteiger partial charge < -0.3 is 0 Å². The first kappa shape index (κ1) is 11.7. The van der Waals surface area contributed by atoms with Crippen LogP contribution in [-0.4, -0.2) is 0 Å². The van der Waals surface area contributed by atoms with E-state index in [2.05, 4.69) is 0 Å². The van der Waals surface area contributed by atoms with Crippen molar-refractivity contribution in [1.82, 2.24) is 0 Å². The van der Waals surface area contributed by atoms with Gasteiger partial charge in [-0.05, 0) is 43.2 Å². The molecular weight excluding hydrogens is 225 g/mol. The van der Waals surface area contributed by atoms with Crippen LogP contribution in [0.5, 0.6) is 0 Å². The van der Waals surface area contributed by atoms with Crippen LogP contribution in [0.1, 0.15) is 11.1 Å². The first-order valence-electron chi connectivity index (χ1n) is 5.22. The molecule has 0 saturated carbocycles. The number of hydrogen-bond donors (Lipinski definition) is 0. The molecule has 2 rings (SSSR count). The fourth-order valence-electron chi connectivity index (χ4n) is 1.89. The molecule has 17 heavy (non-hydrogen) atoms. The van der Waals surface area contributed by atoms with Crippen LogP contribution in [0, 0.1) is 31.3 Å². The van der Waals surface area contributed by atoms with Crippen molar-refractivity contribution in [2.75, 3.05) is 0 Å². The summed E-state index contributed by atoms with van der Waals surface area (Å²) in [5, 5.41) is 0. The molecule has 2 aromatic rings. The third-order valence-corrected chi connectivity index (χ3v) is 2.66. The van der Waals surface area contributed by atoms with Gasteiger partial charge in [0.2, 0.25) is 0 Å². The maximum atomic E-state index is 13.8. The van der Waals surface area contributed by atoms with Gasteiger partial charge in [-0.15, -0.1) is 0 Å². The maximum Gasteiger partial charge on any atom is 0.134 e. The molecule has 88 valence electrons. The summed E-state index contributed by atoms with van der Waals surface area (Å²) in [6.07, 6.45) is 0. The van der Waals surface area contributed by atoms with Gasteiger partial charge >= 0.3 is 0 Å². The summed E-state index contributed by atoms with van der Waals surface area (Å²) >= 11 is 0. The van der Waals surface area contributed by atoms with E-state index in [1.54, 1.807) is 19.9 Å². The molecule has 0 N–H and O–H groups in total. The fraction of sp³-hybridized carbons (Fsp3) is 0.143. The summed E-state index contributed by atoms with van der Waals surface area (Å²) in [7, 11) is 0. The highest BCUT2D eigenvalue weighted by molar-refractivity contribution is 5.69. The van der Waals surface area contributed by atoms with Crippen LogP contribution in [0.3, 0.4) is 0 Å². The van der Waals surface area contributed by atoms with Crippen LogP contribution in [0.25, 0.3) is 11.1 Å². The predicted octanol–water partition coefficient (Wildman–Crippen LogP) is 4.39. The zero-order valence-corrected chi connectivity index (χ0v) is 9.52. The number of benzene rings is 2. The van der Waals surface area contributed by atoms with Gasteiger partial charge in [-0.25, -0.2) is 13.2 Å². The molecule has 0 aliphatic heterocycles. The average molecular weight is 236 g/mol. The molecule has 0 aliphatic carbocycles. The first-order valence-corrected chi connectivity index (χ1v) is 5.22. The molecular formula is C14H11F3. The van der Waals surface area contributed by atoms with Crippen LogP contribution < -0.4 is 0 Å². The lowest BCUT2D eigenvalue weighted by Gasteiger charge is -2.10. The van der Waals surface area contributed by atoms with E-state index in [4.69, 9.17) is 0 Å². The highest BCUT2D eigenvalue weighted by Crippen LogP contribution is 2.31. The average Bonchev–Trinajstić information content (AvgIpc) is 2.21. The summed E-state index contributed by atoms with van der Waals surface area (Å²) < 4.78 is 41.2. The van der Waals surface area contributed by atoms with Crippen molar-refractivity contribution < 1.29 is 13.2 Å².